The van der Waals surface area contributed by atoms with E-state index in [0.717, 1.165) is 6.92 Å². The van der Waals surface area contributed by atoms with Crippen molar-refractivity contribution in [3.63, 3.8) is 0 Å². The maximum atomic E-state index is 12.9. The molecule has 14 heavy (non-hydrogen) atoms. The summed E-state index contributed by atoms with van der Waals surface area (Å²) in [6, 6.07) is 4.31. The Balaban J connectivity index is 3.12. The molecule has 0 spiro atoms. The van der Waals surface area contributed by atoms with Gasteiger partial charge in [-0.2, -0.15) is 0 Å². The summed E-state index contributed by atoms with van der Waals surface area (Å²) >= 11 is 16.9. The Hall–Kier alpha value is -0.0500. The first-order valence-corrected chi connectivity index (χ1v) is 4.98. The average molecular weight is 260 g/mol. The topological polar surface area (TPSA) is 0 Å². The maximum absolute atomic E-state index is 12.9. The van der Waals surface area contributed by atoms with Crippen LogP contribution >= 0.6 is 34.8 Å². The van der Waals surface area contributed by atoms with Crippen molar-refractivity contribution in [2.75, 3.05) is 0 Å². The minimum absolute atomic E-state index is 0.147. The van der Waals surface area contributed by atoms with Crippen LogP contribution in [-0.4, -0.2) is 5.92 Å². The van der Waals surface area contributed by atoms with Crippen molar-refractivity contribution in [1.82, 2.24) is 0 Å². The highest BCUT2D eigenvalue weighted by molar-refractivity contribution is 6.34. The Morgan fingerprint density at radius 1 is 1.29 bits per heavy atom. The molecule has 0 aliphatic carbocycles. The molecule has 0 aliphatic rings. The zero-order chi connectivity index (χ0) is 10.9. The van der Waals surface area contributed by atoms with Crippen molar-refractivity contribution in [2.24, 2.45) is 0 Å². The highest BCUT2D eigenvalue weighted by Gasteiger charge is 2.35. The first-order chi connectivity index (χ1) is 6.32. The van der Waals surface area contributed by atoms with Gasteiger partial charge in [-0.1, -0.05) is 23.2 Å². The first-order valence-electron chi connectivity index (χ1n) is 3.79. The monoisotopic (exact) mass is 258 g/mol. The molecule has 0 aliphatic heterocycles. The molecule has 1 rings (SSSR count). The van der Waals surface area contributed by atoms with Gasteiger partial charge in [-0.15, -0.1) is 11.6 Å². The molecule has 0 heterocycles. The Bertz CT molecular complexity index is 333. The summed E-state index contributed by atoms with van der Waals surface area (Å²) in [6.07, 6.45) is 0. The van der Waals surface area contributed by atoms with Crippen LogP contribution in [0.1, 0.15) is 17.9 Å². The second-order valence-electron chi connectivity index (χ2n) is 2.98. The van der Waals surface area contributed by atoms with Crippen LogP contribution in [0.3, 0.4) is 0 Å². The molecule has 1 unspecified atom stereocenters. The number of halogens is 5. The van der Waals surface area contributed by atoms with Gasteiger partial charge in [0.15, 0.2) is 0 Å². The van der Waals surface area contributed by atoms with E-state index >= 15 is 0 Å². The van der Waals surface area contributed by atoms with Crippen molar-refractivity contribution in [2.45, 2.75) is 18.2 Å². The van der Waals surface area contributed by atoms with E-state index in [-0.39, 0.29) is 10.6 Å². The normalized spacial score (nSPS) is 14.1. The highest BCUT2D eigenvalue weighted by atomic mass is 35.5. The Morgan fingerprint density at radius 3 is 2.36 bits per heavy atom. The summed E-state index contributed by atoms with van der Waals surface area (Å²) in [5, 5.41) is -0.941. The van der Waals surface area contributed by atoms with E-state index in [1.165, 1.54) is 18.2 Å². The molecule has 0 saturated heterocycles. The lowest BCUT2D eigenvalue weighted by Crippen LogP contribution is -2.17. The fourth-order valence-corrected chi connectivity index (χ4v) is 1.63. The Morgan fingerprint density at radius 2 is 1.86 bits per heavy atom. The van der Waals surface area contributed by atoms with Gasteiger partial charge < -0.3 is 0 Å². The quantitative estimate of drug-likeness (QED) is 0.661. The maximum Gasteiger partial charge on any atom is 0.265 e. The number of hydrogen-bond donors (Lipinski definition) is 0. The van der Waals surface area contributed by atoms with Crippen molar-refractivity contribution in [3.05, 3.63) is 33.8 Å². The van der Waals surface area contributed by atoms with E-state index in [0.29, 0.717) is 5.02 Å². The molecular formula is C9H7Cl3F2. The molecule has 0 bridgehead atoms. The average Bonchev–Trinajstić information content (AvgIpc) is 2.06. The fraction of sp³-hybridized carbons (Fsp3) is 0.333. The predicted octanol–water partition coefficient (Wildman–Crippen LogP) is 4.93. The molecule has 0 N–H and O–H groups in total. The van der Waals surface area contributed by atoms with Crippen LogP contribution in [0, 0.1) is 0 Å². The van der Waals surface area contributed by atoms with Crippen LogP contribution in [0.4, 0.5) is 8.78 Å². The van der Waals surface area contributed by atoms with Gasteiger partial charge in [-0.25, -0.2) is 8.78 Å². The molecule has 0 fully saturated rings. The lowest BCUT2D eigenvalue weighted by molar-refractivity contribution is 0.0169. The second kappa shape index (κ2) is 4.21. The fourth-order valence-electron chi connectivity index (χ4n) is 0.982. The zero-order valence-corrected chi connectivity index (χ0v) is 9.47. The molecule has 0 aromatic heterocycles. The SMILES string of the molecule is CC(F)(F)C(Cl)c1cc(Cl)ccc1Cl. The Labute approximate surface area is 95.8 Å². The van der Waals surface area contributed by atoms with Crippen LogP contribution in [0.5, 0.6) is 0 Å². The van der Waals surface area contributed by atoms with Gasteiger partial charge >= 0.3 is 0 Å². The van der Waals surface area contributed by atoms with Crippen molar-refractivity contribution < 1.29 is 8.78 Å². The third-order valence-electron chi connectivity index (χ3n) is 1.68. The van der Waals surface area contributed by atoms with Crippen LogP contribution in [0.25, 0.3) is 0 Å². The number of rotatable bonds is 2. The van der Waals surface area contributed by atoms with Crippen LogP contribution in [-0.2, 0) is 0 Å². The molecule has 5 heteroatoms. The number of alkyl halides is 3. The number of benzene rings is 1. The Kier molecular flexibility index (Phi) is 3.62. The standard InChI is InChI=1S/C9H7Cl3F2/c1-9(13,14)8(12)6-4-5(10)2-3-7(6)11/h2-4,8H,1H3. The van der Waals surface area contributed by atoms with E-state index in [1.807, 2.05) is 0 Å². The van der Waals surface area contributed by atoms with Gasteiger partial charge in [-0.3, -0.25) is 0 Å². The molecule has 0 nitrogen and oxygen atoms in total. The minimum atomic E-state index is -3.03. The molecule has 1 atom stereocenters. The molecule has 0 amide bonds. The molecular weight excluding hydrogens is 252 g/mol. The van der Waals surface area contributed by atoms with Gasteiger partial charge in [-0.05, 0) is 23.8 Å². The summed E-state index contributed by atoms with van der Waals surface area (Å²) in [6.45, 7) is 0.738. The molecule has 0 radical (unpaired) electrons. The lowest BCUT2D eigenvalue weighted by Gasteiger charge is -2.18. The van der Waals surface area contributed by atoms with Gasteiger partial charge in [0.25, 0.3) is 5.92 Å². The van der Waals surface area contributed by atoms with Crippen molar-refractivity contribution in [3.8, 4) is 0 Å². The molecule has 1 aromatic rings. The van der Waals surface area contributed by atoms with E-state index in [9.17, 15) is 8.78 Å². The van der Waals surface area contributed by atoms with E-state index in [1.54, 1.807) is 0 Å². The van der Waals surface area contributed by atoms with E-state index in [4.69, 9.17) is 34.8 Å². The summed E-state index contributed by atoms with van der Waals surface area (Å²) in [5.74, 6) is -3.03. The largest absolute Gasteiger partial charge is 0.265 e. The summed E-state index contributed by atoms with van der Waals surface area (Å²) in [5.41, 5.74) is 0.147. The molecule has 78 valence electrons. The van der Waals surface area contributed by atoms with Crippen LogP contribution in [0.2, 0.25) is 10.0 Å². The first kappa shape index (κ1) is 12.0. The highest BCUT2D eigenvalue weighted by Crippen LogP contribution is 2.40. The second-order valence-corrected chi connectivity index (χ2v) is 4.26. The third-order valence-corrected chi connectivity index (χ3v) is 2.87. The van der Waals surface area contributed by atoms with Crippen molar-refractivity contribution >= 4 is 34.8 Å². The van der Waals surface area contributed by atoms with Gasteiger partial charge in [0.2, 0.25) is 0 Å². The molecule has 0 saturated carbocycles. The van der Waals surface area contributed by atoms with Crippen LogP contribution in [0.15, 0.2) is 18.2 Å². The smallest absolute Gasteiger partial charge is 0.205 e. The summed E-state index contributed by atoms with van der Waals surface area (Å²) < 4.78 is 25.8. The van der Waals surface area contributed by atoms with Gasteiger partial charge in [0.05, 0.1) is 0 Å². The van der Waals surface area contributed by atoms with E-state index < -0.39 is 11.3 Å². The van der Waals surface area contributed by atoms with E-state index in [2.05, 4.69) is 0 Å². The summed E-state index contributed by atoms with van der Waals surface area (Å²) in [4.78, 5) is 0. The predicted molar refractivity (Wildman–Crippen MR) is 55.7 cm³/mol. The van der Waals surface area contributed by atoms with Crippen LogP contribution < -0.4 is 0 Å². The molecule has 1 aromatic carbocycles. The zero-order valence-electron chi connectivity index (χ0n) is 7.20. The third kappa shape index (κ3) is 2.72. The number of hydrogen-bond acceptors (Lipinski definition) is 0. The van der Waals surface area contributed by atoms with Crippen molar-refractivity contribution in [1.29, 1.82) is 0 Å². The minimum Gasteiger partial charge on any atom is -0.205 e. The van der Waals surface area contributed by atoms with Gasteiger partial charge in [0.1, 0.15) is 5.38 Å². The lowest BCUT2D eigenvalue weighted by atomic mass is 10.1. The summed E-state index contributed by atoms with van der Waals surface area (Å²) in [7, 11) is 0. The van der Waals surface area contributed by atoms with Gasteiger partial charge in [0, 0.05) is 17.0 Å².